The zero-order valence-corrected chi connectivity index (χ0v) is 21.1. The quantitative estimate of drug-likeness (QED) is 0.311. The highest BCUT2D eigenvalue weighted by Gasteiger charge is 2.46. The van der Waals surface area contributed by atoms with Crippen LogP contribution in [0, 0.1) is 0 Å². The molecular formula is C24H28BrNO9. The Balaban J connectivity index is 1.84. The molecule has 1 aromatic heterocycles. The maximum atomic E-state index is 13.5. The number of halogens is 1. The number of imide groups is 1. The van der Waals surface area contributed by atoms with Gasteiger partial charge in [-0.1, -0.05) is 30.3 Å². The van der Waals surface area contributed by atoms with Gasteiger partial charge in [0.25, 0.3) is 5.91 Å². The summed E-state index contributed by atoms with van der Waals surface area (Å²) < 4.78 is 27.9. The molecule has 190 valence electrons. The zero-order chi connectivity index (χ0) is 25.4. The van der Waals surface area contributed by atoms with Crippen molar-refractivity contribution in [1.82, 2.24) is 4.90 Å². The standard InChI is InChI=1S/C24H28BrNO9/c1-15(28)34-21(20-13-17(25)19(35-20)9-6-11-32-12-10-27)22(31-2)23(29)26-18(14-33-24(26)30)16-7-4-3-5-8-16/h3-5,7-8,13,18,21-22,27H,6,9-12,14H2,1-2H3/t18-,21-,22+/m0/s1. The molecule has 2 aromatic rings. The highest BCUT2D eigenvalue weighted by Crippen LogP contribution is 2.35. The summed E-state index contributed by atoms with van der Waals surface area (Å²) in [5.74, 6) is -0.626. The highest BCUT2D eigenvalue weighted by atomic mass is 79.9. The predicted octanol–water partition coefficient (Wildman–Crippen LogP) is 3.32. The molecule has 0 unspecified atom stereocenters. The van der Waals surface area contributed by atoms with E-state index in [-0.39, 0.29) is 25.6 Å². The molecule has 1 saturated heterocycles. The van der Waals surface area contributed by atoms with E-state index in [0.29, 0.717) is 29.7 Å². The van der Waals surface area contributed by atoms with Gasteiger partial charge in [-0.05, 0) is 34.0 Å². The van der Waals surface area contributed by atoms with Gasteiger partial charge in [0.1, 0.15) is 24.2 Å². The van der Waals surface area contributed by atoms with Gasteiger partial charge in [0.2, 0.25) is 0 Å². The number of benzene rings is 1. The summed E-state index contributed by atoms with van der Waals surface area (Å²) in [5.41, 5.74) is 0.719. The number of aliphatic hydroxyl groups excluding tert-OH is 1. The van der Waals surface area contributed by atoms with E-state index in [1.807, 2.05) is 6.07 Å². The van der Waals surface area contributed by atoms with Crippen molar-refractivity contribution < 1.29 is 42.9 Å². The Bertz CT molecular complexity index is 1010. The molecule has 0 aliphatic carbocycles. The predicted molar refractivity (Wildman–Crippen MR) is 125 cm³/mol. The zero-order valence-electron chi connectivity index (χ0n) is 19.5. The van der Waals surface area contributed by atoms with E-state index in [1.165, 1.54) is 14.0 Å². The van der Waals surface area contributed by atoms with Crippen molar-refractivity contribution in [1.29, 1.82) is 0 Å². The first-order valence-electron chi connectivity index (χ1n) is 11.1. The molecule has 2 amide bonds. The molecule has 1 aromatic carbocycles. The Morgan fingerprint density at radius 2 is 2.00 bits per heavy atom. The number of carbonyl (C=O) groups is 3. The number of hydrogen-bond acceptors (Lipinski definition) is 9. The second-order valence-electron chi connectivity index (χ2n) is 7.76. The van der Waals surface area contributed by atoms with Crippen molar-refractivity contribution in [3.8, 4) is 0 Å². The third-order valence-corrected chi connectivity index (χ3v) is 6.02. The Morgan fingerprint density at radius 3 is 2.66 bits per heavy atom. The number of cyclic esters (lactones) is 1. The molecular weight excluding hydrogens is 526 g/mol. The number of hydrogen-bond donors (Lipinski definition) is 1. The molecule has 1 fully saturated rings. The first-order valence-corrected chi connectivity index (χ1v) is 11.9. The van der Waals surface area contributed by atoms with E-state index in [9.17, 15) is 14.4 Å². The maximum absolute atomic E-state index is 13.5. The minimum Gasteiger partial charge on any atom is -0.461 e. The first-order chi connectivity index (χ1) is 16.9. The van der Waals surface area contributed by atoms with Gasteiger partial charge in [0, 0.05) is 27.1 Å². The van der Waals surface area contributed by atoms with Crippen LogP contribution in [-0.2, 0) is 35.0 Å². The number of carbonyl (C=O) groups excluding carboxylic acids is 3. The summed E-state index contributed by atoms with van der Waals surface area (Å²) in [4.78, 5) is 39.0. The number of aryl methyl sites for hydroxylation is 1. The molecule has 0 saturated carbocycles. The Hall–Kier alpha value is -2.73. The van der Waals surface area contributed by atoms with Crippen LogP contribution in [0.3, 0.4) is 0 Å². The van der Waals surface area contributed by atoms with Crippen LogP contribution >= 0.6 is 15.9 Å². The van der Waals surface area contributed by atoms with Crippen LogP contribution in [0.15, 0.2) is 45.3 Å². The SMILES string of the molecule is CO[C@@H](C(=O)N1C(=O)OC[C@H]1c1ccccc1)[C@@H](OC(C)=O)c1cc(Br)c(CCCOCCO)o1. The third-order valence-electron chi connectivity index (χ3n) is 5.35. The number of aliphatic hydroxyl groups is 1. The van der Waals surface area contributed by atoms with Crippen LogP contribution in [0.5, 0.6) is 0 Å². The van der Waals surface area contributed by atoms with Gasteiger partial charge in [0.05, 0.1) is 17.7 Å². The fourth-order valence-corrected chi connectivity index (χ4v) is 4.27. The summed E-state index contributed by atoms with van der Waals surface area (Å²) >= 11 is 3.43. The average Bonchev–Trinajstić information content (AvgIpc) is 3.41. The van der Waals surface area contributed by atoms with Gasteiger partial charge in [-0.2, -0.15) is 0 Å². The second-order valence-corrected chi connectivity index (χ2v) is 8.61. The van der Waals surface area contributed by atoms with E-state index in [1.54, 1.807) is 30.3 Å². The van der Waals surface area contributed by atoms with Crippen LogP contribution in [0.1, 0.15) is 42.6 Å². The molecule has 3 atom stereocenters. The fraction of sp³-hybridized carbons (Fsp3) is 0.458. The number of methoxy groups -OCH3 is 1. The smallest absolute Gasteiger partial charge is 0.417 e. The second kappa shape index (κ2) is 12.8. The van der Waals surface area contributed by atoms with E-state index >= 15 is 0 Å². The Labute approximate surface area is 211 Å². The lowest BCUT2D eigenvalue weighted by atomic mass is 10.0. The number of ether oxygens (including phenoxy) is 4. The largest absolute Gasteiger partial charge is 0.461 e. The number of nitrogens with zero attached hydrogens (tertiary/aromatic N) is 1. The van der Waals surface area contributed by atoms with Crippen molar-refractivity contribution in [2.75, 3.05) is 33.5 Å². The summed E-state index contributed by atoms with van der Waals surface area (Å²) in [6, 6.07) is 9.96. The van der Waals surface area contributed by atoms with Gasteiger partial charge < -0.3 is 28.5 Å². The summed E-state index contributed by atoms with van der Waals surface area (Å²) in [5, 5.41) is 8.80. The highest BCUT2D eigenvalue weighted by molar-refractivity contribution is 9.10. The molecule has 1 N–H and O–H groups in total. The number of esters is 1. The molecule has 1 aliphatic heterocycles. The van der Waals surface area contributed by atoms with Crippen molar-refractivity contribution in [3.05, 3.63) is 58.0 Å². The van der Waals surface area contributed by atoms with Gasteiger partial charge in [0.15, 0.2) is 12.2 Å². The minimum atomic E-state index is -1.37. The normalized spacial score (nSPS) is 17.2. The van der Waals surface area contributed by atoms with Crippen molar-refractivity contribution in [2.24, 2.45) is 0 Å². The van der Waals surface area contributed by atoms with E-state index in [0.717, 1.165) is 10.5 Å². The lowest BCUT2D eigenvalue weighted by molar-refractivity contribution is -0.164. The van der Waals surface area contributed by atoms with Crippen LogP contribution < -0.4 is 0 Å². The monoisotopic (exact) mass is 553 g/mol. The van der Waals surface area contributed by atoms with E-state index in [2.05, 4.69) is 15.9 Å². The lowest BCUT2D eigenvalue weighted by Crippen LogP contribution is -2.45. The number of rotatable bonds is 12. The van der Waals surface area contributed by atoms with Crippen LogP contribution in [-0.4, -0.2) is 67.6 Å². The Kier molecular flexibility index (Phi) is 9.84. The van der Waals surface area contributed by atoms with Crippen LogP contribution in [0.25, 0.3) is 0 Å². The van der Waals surface area contributed by atoms with Gasteiger partial charge >= 0.3 is 12.1 Å². The van der Waals surface area contributed by atoms with Gasteiger partial charge in [-0.15, -0.1) is 0 Å². The molecule has 2 heterocycles. The van der Waals surface area contributed by atoms with Crippen LogP contribution in [0.2, 0.25) is 0 Å². The first kappa shape index (κ1) is 26.9. The molecule has 0 bridgehead atoms. The minimum absolute atomic E-state index is 0.00193. The average molecular weight is 554 g/mol. The number of amides is 2. The third kappa shape index (κ3) is 6.69. The summed E-state index contributed by atoms with van der Waals surface area (Å²) in [7, 11) is 1.29. The van der Waals surface area contributed by atoms with E-state index < -0.39 is 36.2 Å². The van der Waals surface area contributed by atoms with Crippen molar-refractivity contribution in [2.45, 2.75) is 38.0 Å². The van der Waals surface area contributed by atoms with Crippen LogP contribution in [0.4, 0.5) is 4.79 Å². The number of furan rings is 1. The summed E-state index contributed by atoms with van der Waals surface area (Å²) in [6.45, 7) is 1.82. The molecule has 3 rings (SSSR count). The molecule has 10 nitrogen and oxygen atoms in total. The molecule has 0 spiro atoms. The molecule has 11 heteroatoms. The van der Waals surface area contributed by atoms with E-state index in [4.69, 9.17) is 28.5 Å². The topological polar surface area (TPSA) is 125 Å². The van der Waals surface area contributed by atoms with Gasteiger partial charge in [-0.25, -0.2) is 9.69 Å². The molecule has 35 heavy (non-hydrogen) atoms. The maximum Gasteiger partial charge on any atom is 0.417 e. The van der Waals surface area contributed by atoms with Crippen molar-refractivity contribution in [3.63, 3.8) is 0 Å². The lowest BCUT2D eigenvalue weighted by Gasteiger charge is -2.28. The van der Waals surface area contributed by atoms with Gasteiger partial charge in [-0.3, -0.25) is 9.59 Å². The molecule has 0 radical (unpaired) electrons. The Morgan fingerprint density at radius 1 is 1.26 bits per heavy atom. The fourth-order valence-electron chi connectivity index (χ4n) is 3.76. The van der Waals surface area contributed by atoms with Crippen molar-refractivity contribution >= 4 is 33.9 Å². The summed E-state index contributed by atoms with van der Waals surface area (Å²) in [6.07, 6.45) is -2.30. The molecule has 1 aliphatic rings.